The quantitative estimate of drug-likeness (QED) is 0.317. The Balaban J connectivity index is 1.43. The lowest BCUT2D eigenvalue weighted by Gasteiger charge is -2.21. The third kappa shape index (κ3) is 5.04. The van der Waals surface area contributed by atoms with Crippen molar-refractivity contribution in [1.82, 2.24) is 0 Å². The number of hydrogen-bond donors (Lipinski definition) is 1. The zero-order valence-electron chi connectivity index (χ0n) is 19.2. The lowest BCUT2D eigenvalue weighted by Crippen LogP contribution is -2.31. The predicted molar refractivity (Wildman–Crippen MR) is 131 cm³/mol. The lowest BCUT2D eigenvalue weighted by molar-refractivity contribution is -0.148. The Bertz CT molecular complexity index is 1340. The first-order valence-electron chi connectivity index (χ1n) is 11.1. The minimum absolute atomic E-state index is 0.124. The summed E-state index contributed by atoms with van der Waals surface area (Å²) in [5.41, 5.74) is 1.91. The third-order valence-corrected chi connectivity index (χ3v) is 5.48. The fourth-order valence-electron chi connectivity index (χ4n) is 3.76. The van der Waals surface area contributed by atoms with E-state index >= 15 is 0 Å². The molecule has 0 spiro atoms. The van der Waals surface area contributed by atoms with Crippen LogP contribution in [0.2, 0.25) is 0 Å². The first-order chi connectivity index (χ1) is 16.9. The highest BCUT2D eigenvalue weighted by Crippen LogP contribution is 2.32. The van der Waals surface area contributed by atoms with E-state index in [0.29, 0.717) is 12.2 Å². The van der Waals surface area contributed by atoms with Crippen LogP contribution >= 0.6 is 0 Å². The maximum absolute atomic E-state index is 13.1. The molecule has 1 aliphatic rings. The molecule has 0 aliphatic heterocycles. The van der Waals surface area contributed by atoms with Crippen LogP contribution < -0.4 is 10.1 Å². The molecule has 7 heteroatoms. The summed E-state index contributed by atoms with van der Waals surface area (Å²) in [6.07, 6.45) is 1.66. The Labute approximate surface area is 202 Å². The van der Waals surface area contributed by atoms with Crippen LogP contribution in [0.1, 0.15) is 51.3 Å². The molecule has 1 unspecified atom stereocenters. The van der Waals surface area contributed by atoms with Crippen molar-refractivity contribution in [2.24, 2.45) is 0 Å². The van der Waals surface area contributed by atoms with E-state index in [2.05, 4.69) is 5.32 Å². The molecule has 0 fully saturated rings. The van der Waals surface area contributed by atoms with Crippen LogP contribution in [-0.2, 0) is 14.3 Å². The summed E-state index contributed by atoms with van der Waals surface area (Å²) in [4.78, 5) is 50.9. The molecule has 0 heterocycles. The lowest BCUT2D eigenvalue weighted by atomic mass is 9.83. The smallest absolute Gasteiger partial charge is 0.331 e. The van der Waals surface area contributed by atoms with Crippen LogP contribution in [0.5, 0.6) is 5.75 Å². The SMILES string of the molecule is CCOc1ccc(/C=C/C(=O)OC(C)C(=O)Nc2cccc3c2C(=O)c2ccccc2C3=O)cc1. The van der Waals surface area contributed by atoms with Crippen LogP contribution in [0.3, 0.4) is 0 Å². The van der Waals surface area contributed by atoms with Crippen molar-refractivity contribution >= 4 is 35.2 Å². The molecule has 1 atom stereocenters. The summed E-state index contributed by atoms with van der Waals surface area (Å²) in [6, 6.07) is 18.4. The Hall–Kier alpha value is -4.52. The van der Waals surface area contributed by atoms with Crippen molar-refractivity contribution < 1.29 is 28.7 Å². The predicted octanol–water partition coefficient (Wildman–Crippen LogP) is 4.44. The van der Waals surface area contributed by atoms with Crippen molar-refractivity contribution in [3.05, 3.63) is 101 Å². The second-order valence-electron chi connectivity index (χ2n) is 7.84. The fraction of sp³-hybridized carbons (Fsp3) is 0.143. The van der Waals surface area contributed by atoms with Gasteiger partial charge in [-0.2, -0.15) is 0 Å². The maximum atomic E-state index is 13.1. The van der Waals surface area contributed by atoms with Crippen molar-refractivity contribution in [3.63, 3.8) is 0 Å². The zero-order chi connectivity index (χ0) is 24.9. The molecule has 35 heavy (non-hydrogen) atoms. The van der Waals surface area contributed by atoms with Crippen LogP contribution in [0.25, 0.3) is 6.08 Å². The topological polar surface area (TPSA) is 98.8 Å². The molecule has 0 radical (unpaired) electrons. The Morgan fingerprint density at radius 1 is 0.886 bits per heavy atom. The molecule has 0 aromatic heterocycles. The third-order valence-electron chi connectivity index (χ3n) is 5.48. The van der Waals surface area contributed by atoms with E-state index in [1.165, 1.54) is 19.1 Å². The number of ether oxygens (including phenoxy) is 2. The minimum atomic E-state index is -1.13. The second kappa shape index (κ2) is 10.2. The van der Waals surface area contributed by atoms with Gasteiger partial charge in [0.15, 0.2) is 17.7 Å². The van der Waals surface area contributed by atoms with Crippen molar-refractivity contribution in [1.29, 1.82) is 0 Å². The highest BCUT2D eigenvalue weighted by atomic mass is 16.5. The molecule has 4 rings (SSSR count). The van der Waals surface area contributed by atoms with E-state index < -0.39 is 18.0 Å². The number of rotatable bonds is 7. The van der Waals surface area contributed by atoms with E-state index in [-0.39, 0.29) is 33.9 Å². The molecular weight excluding hydrogens is 446 g/mol. The zero-order valence-corrected chi connectivity index (χ0v) is 19.2. The summed E-state index contributed by atoms with van der Waals surface area (Å²) >= 11 is 0. The molecule has 1 aliphatic carbocycles. The van der Waals surface area contributed by atoms with Crippen molar-refractivity contribution in [2.45, 2.75) is 20.0 Å². The molecule has 1 amide bonds. The van der Waals surface area contributed by atoms with Crippen LogP contribution in [-0.4, -0.2) is 36.2 Å². The number of fused-ring (bicyclic) bond motifs is 2. The van der Waals surface area contributed by atoms with Gasteiger partial charge in [0.05, 0.1) is 17.9 Å². The van der Waals surface area contributed by atoms with Gasteiger partial charge in [-0.05, 0) is 43.7 Å². The van der Waals surface area contributed by atoms with Gasteiger partial charge in [0.1, 0.15) is 5.75 Å². The first-order valence-corrected chi connectivity index (χ1v) is 11.1. The number of ketones is 2. The van der Waals surface area contributed by atoms with Gasteiger partial charge in [0.2, 0.25) is 0 Å². The molecule has 0 saturated heterocycles. The maximum Gasteiger partial charge on any atom is 0.331 e. The highest BCUT2D eigenvalue weighted by molar-refractivity contribution is 6.30. The molecular formula is C28H23NO6. The summed E-state index contributed by atoms with van der Waals surface area (Å²) in [7, 11) is 0. The standard InChI is InChI=1S/C28H23NO6/c1-3-34-19-14-11-18(12-15-19)13-16-24(30)35-17(2)28(33)29-23-10-6-9-22-25(23)27(32)21-8-5-4-7-20(21)26(22)31/h4-17H,3H2,1-2H3,(H,29,33)/b16-13+. The van der Waals surface area contributed by atoms with Crippen molar-refractivity contribution in [3.8, 4) is 5.75 Å². The Morgan fingerprint density at radius 2 is 1.54 bits per heavy atom. The van der Waals surface area contributed by atoms with Crippen LogP contribution in [0, 0.1) is 0 Å². The van der Waals surface area contributed by atoms with Gasteiger partial charge in [0.25, 0.3) is 5.91 Å². The molecule has 7 nitrogen and oxygen atoms in total. The summed E-state index contributed by atoms with van der Waals surface area (Å²) in [5.74, 6) is -1.24. The molecule has 0 saturated carbocycles. The number of benzene rings is 3. The number of carbonyl (C=O) groups is 4. The van der Waals surface area contributed by atoms with Crippen LogP contribution in [0.15, 0.2) is 72.8 Å². The number of hydrogen-bond acceptors (Lipinski definition) is 6. The second-order valence-corrected chi connectivity index (χ2v) is 7.84. The van der Waals surface area contributed by atoms with E-state index in [4.69, 9.17) is 9.47 Å². The van der Waals surface area contributed by atoms with Crippen LogP contribution in [0.4, 0.5) is 5.69 Å². The summed E-state index contributed by atoms with van der Waals surface area (Å²) in [6.45, 7) is 3.88. The highest BCUT2D eigenvalue weighted by Gasteiger charge is 2.32. The summed E-state index contributed by atoms with van der Waals surface area (Å²) < 4.78 is 10.6. The largest absolute Gasteiger partial charge is 0.494 e. The van der Waals surface area contributed by atoms with Gasteiger partial charge in [0, 0.05) is 22.8 Å². The number of anilines is 1. The van der Waals surface area contributed by atoms with E-state index in [0.717, 1.165) is 11.3 Å². The molecule has 176 valence electrons. The van der Waals surface area contributed by atoms with E-state index in [1.807, 2.05) is 6.92 Å². The van der Waals surface area contributed by atoms with Gasteiger partial charge in [-0.3, -0.25) is 14.4 Å². The number of esters is 1. The van der Waals surface area contributed by atoms with Gasteiger partial charge in [-0.15, -0.1) is 0 Å². The molecule has 3 aromatic rings. The normalized spacial score (nSPS) is 13.1. The van der Waals surface area contributed by atoms with Gasteiger partial charge in [-0.1, -0.05) is 48.5 Å². The number of carbonyl (C=O) groups excluding carboxylic acids is 4. The Kier molecular flexibility index (Phi) is 6.87. The van der Waals surface area contributed by atoms with Crippen molar-refractivity contribution in [2.75, 3.05) is 11.9 Å². The average Bonchev–Trinajstić information content (AvgIpc) is 2.87. The Morgan fingerprint density at radius 3 is 2.23 bits per heavy atom. The van der Waals surface area contributed by atoms with Gasteiger partial charge < -0.3 is 14.8 Å². The first kappa shape index (κ1) is 23.6. The summed E-state index contributed by atoms with van der Waals surface area (Å²) in [5, 5.41) is 2.62. The minimum Gasteiger partial charge on any atom is -0.494 e. The number of amides is 1. The molecule has 1 N–H and O–H groups in total. The average molecular weight is 469 g/mol. The van der Waals surface area contributed by atoms with Gasteiger partial charge >= 0.3 is 5.97 Å². The van der Waals surface area contributed by atoms with E-state index in [9.17, 15) is 19.2 Å². The number of nitrogens with one attached hydrogen (secondary N) is 1. The monoisotopic (exact) mass is 469 g/mol. The van der Waals surface area contributed by atoms with Gasteiger partial charge in [-0.25, -0.2) is 4.79 Å². The fourth-order valence-corrected chi connectivity index (χ4v) is 3.76. The van der Waals surface area contributed by atoms with E-state index in [1.54, 1.807) is 66.7 Å². The molecule has 0 bridgehead atoms. The molecule has 3 aromatic carbocycles.